The van der Waals surface area contributed by atoms with Crippen LogP contribution in [0.4, 0.5) is 16.3 Å². The number of carbonyl (C=O) groups excluding carboxylic acids is 1. The molecule has 160 valence electrons. The summed E-state index contributed by atoms with van der Waals surface area (Å²) in [6, 6.07) is 4.95. The predicted octanol–water partition coefficient (Wildman–Crippen LogP) is 4.80. The van der Waals surface area contributed by atoms with Gasteiger partial charge in [-0.15, -0.1) is 0 Å². The van der Waals surface area contributed by atoms with Crippen LogP contribution in [0.5, 0.6) is 0 Å². The van der Waals surface area contributed by atoms with Gasteiger partial charge in [-0.2, -0.15) is 5.10 Å². The highest BCUT2D eigenvalue weighted by molar-refractivity contribution is 6.29. The van der Waals surface area contributed by atoms with Gasteiger partial charge in [0.1, 0.15) is 11.0 Å². The third-order valence-electron chi connectivity index (χ3n) is 4.65. The van der Waals surface area contributed by atoms with Crippen LogP contribution in [-0.4, -0.2) is 25.8 Å². The fraction of sp³-hybridized carbons (Fsp3) is 0.429. The van der Waals surface area contributed by atoms with Gasteiger partial charge in [0.05, 0.1) is 5.69 Å². The minimum absolute atomic E-state index is 0.283. The van der Waals surface area contributed by atoms with Gasteiger partial charge in [0, 0.05) is 23.8 Å². The van der Waals surface area contributed by atoms with E-state index < -0.39 is 6.03 Å². The van der Waals surface area contributed by atoms with E-state index in [2.05, 4.69) is 58.9 Å². The number of pyridine rings is 2. The molecule has 0 aliphatic carbocycles. The molecular weight excluding hydrogens is 402 g/mol. The maximum Gasteiger partial charge on any atom is 0.337 e. The summed E-state index contributed by atoms with van der Waals surface area (Å²) in [6.07, 6.45) is 0.779. The third kappa shape index (κ3) is 4.99. The number of nitrogens with one attached hydrogen (secondary N) is 3. The number of rotatable bonds is 6. The summed E-state index contributed by atoms with van der Waals surface area (Å²) in [4.78, 5) is 21.3. The average Bonchev–Trinajstić information content (AvgIpc) is 2.92. The molecule has 0 saturated heterocycles. The van der Waals surface area contributed by atoms with Gasteiger partial charge in [0.15, 0.2) is 5.65 Å². The van der Waals surface area contributed by atoms with Crippen molar-refractivity contribution in [3.05, 3.63) is 40.3 Å². The average molecular weight is 430 g/mol. The number of urea groups is 1. The predicted molar refractivity (Wildman–Crippen MR) is 121 cm³/mol. The van der Waals surface area contributed by atoms with E-state index in [1.807, 2.05) is 26.1 Å². The first-order valence-corrected chi connectivity index (χ1v) is 10.4. The number of hydrogen-bond donors (Lipinski definition) is 3. The van der Waals surface area contributed by atoms with Gasteiger partial charge in [-0.05, 0) is 48.9 Å². The number of fused-ring (bicyclic) bond motifs is 1. The second-order valence-corrected chi connectivity index (χ2v) is 8.52. The quantitative estimate of drug-likeness (QED) is 0.386. The van der Waals surface area contributed by atoms with Gasteiger partial charge < -0.3 is 5.32 Å². The van der Waals surface area contributed by atoms with Crippen LogP contribution in [0, 0.1) is 12.8 Å². The Morgan fingerprint density at radius 2 is 1.90 bits per heavy atom. The summed E-state index contributed by atoms with van der Waals surface area (Å²) in [5.74, 6) is 1.26. The van der Waals surface area contributed by atoms with E-state index >= 15 is 0 Å². The lowest BCUT2D eigenvalue weighted by molar-refractivity contribution is 0.254. The number of halogens is 1. The van der Waals surface area contributed by atoms with Crippen LogP contribution in [0.1, 0.15) is 50.6 Å². The first kappa shape index (κ1) is 21.8. The normalized spacial score (nSPS) is 11.4. The van der Waals surface area contributed by atoms with Gasteiger partial charge in [-0.25, -0.2) is 14.8 Å². The monoisotopic (exact) mass is 429 g/mol. The standard InChI is InChI=1S/C21H28ClN7O/c1-11(2)7-14-8-15(9-17(22)23-14)24-21(30)27-26-18-10-16(12(3)4)19-13(5)28-29(6)20(19)25-18/h8-12H,7H2,1-6H3,(H,25,26)(H2,23,24,27,30). The van der Waals surface area contributed by atoms with E-state index in [-0.39, 0.29) is 5.92 Å². The van der Waals surface area contributed by atoms with Crippen molar-refractivity contribution in [1.29, 1.82) is 0 Å². The fourth-order valence-corrected chi connectivity index (χ4v) is 3.65. The number of aromatic nitrogens is 4. The molecule has 8 nitrogen and oxygen atoms in total. The molecule has 3 aromatic rings. The number of amides is 2. The molecule has 0 spiro atoms. The van der Waals surface area contributed by atoms with Crippen molar-refractivity contribution >= 4 is 40.2 Å². The van der Waals surface area contributed by atoms with Gasteiger partial charge in [0.25, 0.3) is 0 Å². The molecule has 9 heteroatoms. The van der Waals surface area contributed by atoms with Crippen LogP contribution in [0.25, 0.3) is 11.0 Å². The second kappa shape index (κ2) is 8.87. The number of aryl methyl sites for hydroxylation is 2. The summed E-state index contributed by atoms with van der Waals surface area (Å²) in [5, 5.41) is 8.64. The molecule has 0 aliphatic rings. The van der Waals surface area contributed by atoms with E-state index in [9.17, 15) is 4.79 Å². The van der Waals surface area contributed by atoms with Crippen molar-refractivity contribution in [2.24, 2.45) is 13.0 Å². The molecule has 0 unspecified atom stereocenters. The summed E-state index contributed by atoms with van der Waals surface area (Å²) >= 11 is 6.09. The molecule has 0 bridgehead atoms. The van der Waals surface area contributed by atoms with E-state index in [1.54, 1.807) is 10.7 Å². The van der Waals surface area contributed by atoms with Crippen LogP contribution < -0.4 is 16.2 Å². The lowest BCUT2D eigenvalue weighted by atomic mass is 10.00. The van der Waals surface area contributed by atoms with Crippen LogP contribution in [0.3, 0.4) is 0 Å². The molecule has 0 aromatic carbocycles. The lowest BCUT2D eigenvalue weighted by Crippen LogP contribution is -2.34. The van der Waals surface area contributed by atoms with Crippen molar-refractivity contribution < 1.29 is 4.79 Å². The van der Waals surface area contributed by atoms with Crippen LogP contribution in [0.15, 0.2) is 18.2 Å². The first-order chi connectivity index (χ1) is 14.1. The minimum Gasteiger partial charge on any atom is -0.306 e. The highest BCUT2D eigenvalue weighted by Gasteiger charge is 2.16. The molecule has 0 fully saturated rings. The van der Waals surface area contributed by atoms with Crippen molar-refractivity contribution in [3.8, 4) is 0 Å². The largest absolute Gasteiger partial charge is 0.337 e. The van der Waals surface area contributed by atoms with E-state index in [0.717, 1.165) is 34.4 Å². The molecule has 0 radical (unpaired) electrons. The topological polar surface area (TPSA) is 96.8 Å². The zero-order chi connectivity index (χ0) is 22.0. The number of nitrogens with zero attached hydrogens (tertiary/aromatic N) is 4. The van der Waals surface area contributed by atoms with Crippen LogP contribution >= 0.6 is 11.6 Å². The van der Waals surface area contributed by atoms with Crippen molar-refractivity contribution in [2.45, 2.75) is 47.0 Å². The Hall–Kier alpha value is -2.87. The molecule has 0 saturated carbocycles. The Bertz CT molecular complexity index is 1070. The fourth-order valence-electron chi connectivity index (χ4n) is 3.43. The van der Waals surface area contributed by atoms with Crippen LogP contribution in [0.2, 0.25) is 5.15 Å². The van der Waals surface area contributed by atoms with E-state index in [0.29, 0.717) is 22.6 Å². The highest BCUT2D eigenvalue weighted by atomic mass is 35.5. The summed E-state index contributed by atoms with van der Waals surface area (Å²) in [7, 11) is 1.86. The SMILES string of the molecule is Cc1nn(C)c2nc(NNC(=O)Nc3cc(Cl)nc(CC(C)C)c3)cc(C(C)C)c12. The molecule has 3 heterocycles. The number of hydrazine groups is 1. The molecule has 30 heavy (non-hydrogen) atoms. The second-order valence-electron chi connectivity index (χ2n) is 8.13. The first-order valence-electron chi connectivity index (χ1n) is 9.97. The Morgan fingerprint density at radius 1 is 1.17 bits per heavy atom. The Balaban J connectivity index is 1.74. The smallest absolute Gasteiger partial charge is 0.306 e. The molecule has 2 amide bonds. The minimum atomic E-state index is -0.429. The van der Waals surface area contributed by atoms with Crippen molar-refractivity contribution in [3.63, 3.8) is 0 Å². The number of carbonyl (C=O) groups is 1. The number of hydrogen-bond acceptors (Lipinski definition) is 5. The molecular formula is C21H28ClN7O. The third-order valence-corrected chi connectivity index (χ3v) is 4.84. The molecule has 3 rings (SSSR count). The van der Waals surface area contributed by atoms with Crippen molar-refractivity contribution in [2.75, 3.05) is 10.7 Å². The molecule has 0 aliphatic heterocycles. The summed E-state index contributed by atoms with van der Waals surface area (Å²) in [6.45, 7) is 10.4. The summed E-state index contributed by atoms with van der Waals surface area (Å²) in [5.41, 5.74) is 9.76. The Morgan fingerprint density at radius 3 is 2.57 bits per heavy atom. The van der Waals surface area contributed by atoms with Gasteiger partial charge >= 0.3 is 6.03 Å². The highest BCUT2D eigenvalue weighted by Crippen LogP contribution is 2.29. The Labute approximate surface area is 181 Å². The lowest BCUT2D eigenvalue weighted by Gasteiger charge is -2.14. The van der Waals surface area contributed by atoms with Crippen molar-refractivity contribution in [1.82, 2.24) is 25.2 Å². The maximum absolute atomic E-state index is 12.4. The van der Waals surface area contributed by atoms with Gasteiger partial charge in [-0.3, -0.25) is 15.5 Å². The maximum atomic E-state index is 12.4. The molecule has 0 atom stereocenters. The number of anilines is 2. The zero-order valence-corrected chi connectivity index (χ0v) is 18.9. The molecule has 3 aromatic heterocycles. The van der Waals surface area contributed by atoms with Crippen LogP contribution in [-0.2, 0) is 13.5 Å². The van der Waals surface area contributed by atoms with Gasteiger partial charge in [-0.1, -0.05) is 39.3 Å². The van der Waals surface area contributed by atoms with E-state index in [1.165, 1.54) is 0 Å². The van der Waals surface area contributed by atoms with E-state index in [4.69, 9.17) is 11.6 Å². The van der Waals surface area contributed by atoms with Gasteiger partial charge in [0.2, 0.25) is 0 Å². The zero-order valence-electron chi connectivity index (χ0n) is 18.2. The molecule has 3 N–H and O–H groups in total. The Kier molecular flexibility index (Phi) is 6.45. The summed E-state index contributed by atoms with van der Waals surface area (Å²) < 4.78 is 1.75.